The van der Waals surface area contributed by atoms with Crippen LogP contribution in [0.5, 0.6) is 5.75 Å². The van der Waals surface area contributed by atoms with Gasteiger partial charge in [0.2, 0.25) is 0 Å². The Morgan fingerprint density at radius 1 is 0.344 bits per heavy atom. The highest BCUT2D eigenvalue weighted by molar-refractivity contribution is 5.97. The summed E-state index contributed by atoms with van der Waals surface area (Å²) in [6.45, 7) is 2.17. The lowest BCUT2D eigenvalue weighted by atomic mass is 9.80. The van der Waals surface area contributed by atoms with E-state index in [0.717, 1.165) is 66.9 Å². The summed E-state index contributed by atoms with van der Waals surface area (Å²) >= 11 is 0. The predicted octanol–water partition coefficient (Wildman–Crippen LogP) is 14.3. The number of nitrogens with zero attached hydrogens (tertiary/aromatic N) is 3. The van der Waals surface area contributed by atoms with Crippen molar-refractivity contribution in [3.05, 3.63) is 230 Å². The molecule has 2 heterocycles. The third-order valence-corrected chi connectivity index (χ3v) is 12.0. The molecule has 61 heavy (non-hydrogen) atoms. The van der Waals surface area contributed by atoms with Gasteiger partial charge in [0.15, 0.2) is 23.1 Å². The van der Waals surface area contributed by atoms with Gasteiger partial charge in [-0.25, -0.2) is 15.0 Å². The molecular formula is C57H39N3O. The van der Waals surface area contributed by atoms with Crippen molar-refractivity contribution in [1.29, 1.82) is 0 Å². The number of hydrogen-bond acceptors (Lipinski definition) is 4. The lowest BCUT2D eigenvalue weighted by Gasteiger charge is -2.38. The molecule has 0 fully saturated rings. The summed E-state index contributed by atoms with van der Waals surface area (Å²) in [7, 11) is 0. The van der Waals surface area contributed by atoms with Gasteiger partial charge in [0, 0.05) is 27.8 Å². The van der Waals surface area contributed by atoms with E-state index in [1.807, 2.05) is 12.1 Å². The first kappa shape index (κ1) is 36.2. The van der Waals surface area contributed by atoms with Gasteiger partial charge in [-0.05, 0) is 68.3 Å². The Bertz CT molecular complexity index is 3190. The molecule has 11 rings (SSSR count). The fourth-order valence-corrected chi connectivity index (χ4v) is 8.68. The van der Waals surface area contributed by atoms with Crippen LogP contribution < -0.4 is 4.74 Å². The number of hydrogen-bond donors (Lipinski definition) is 0. The van der Waals surface area contributed by atoms with Gasteiger partial charge in [-0.1, -0.05) is 212 Å². The minimum Gasteiger partial charge on any atom is -0.477 e. The highest BCUT2D eigenvalue weighted by atomic mass is 16.5. The molecule has 0 radical (unpaired) electrons. The molecule has 1 aromatic heterocycles. The first-order valence-electron chi connectivity index (χ1n) is 20.7. The Morgan fingerprint density at radius 3 is 1.46 bits per heavy atom. The minimum absolute atomic E-state index is 0.612. The SMILES string of the molecule is CC1(c2ccccc2)Oc2cc(-c3ccc(-c4nc(-c5ccc(-c6ccccc6)cc5)nc(-c5ccc(-c6cccc7ccccc67)cc5)n4)cc3)ccc2-c2ccccc21. The maximum atomic E-state index is 6.95. The van der Waals surface area contributed by atoms with Crippen LogP contribution in [0.4, 0.5) is 0 Å². The third kappa shape index (κ3) is 6.65. The second-order valence-electron chi connectivity index (χ2n) is 15.7. The average molecular weight is 782 g/mol. The largest absolute Gasteiger partial charge is 0.477 e. The van der Waals surface area contributed by atoms with Gasteiger partial charge in [0.1, 0.15) is 5.75 Å². The molecule has 4 heteroatoms. The lowest BCUT2D eigenvalue weighted by Crippen LogP contribution is -2.34. The van der Waals surface area contributed by atoms with Crippen LogP contribution >= 0.6 is 0 Å². The van der Waals surface area contributed by atoms with Crippen LogP contribution in [0.1, 0.15) is 18.1 Å². The molecule has 0 aliphatic carbocycles. The van der Waals surface area contributed by atoms with Gasteiger partial charge in [0.25, 0.3) is 0 Å². The van der Waals surface area contributed by atoms with E-state index < -0.39 is 5.60 Å². The summed E-state index contributed by atoms with van der Waals surface area (Å²) in [6.07, 6.45) is 0. The fourth-order valence-electron chi connectivity index (χ4n) is 8.68. The second-order valence-corrected chi connectivity index (χ2v) is 15.7. The van der Waals surface area contributed by atoms with Gasteiger partial charge in [-0.3, -0.25) is 0 Å². The predicted molar refractivity (Wildman–Crippen MR) is 249 cm³/mol. The van der Waals surface area contributed by atoms with Crippen LogP contribution in [-0.2, 0) is 5.60 Å². The molecule has 1 unspecified atom stereocenters. The fraction of sp³-hybridized carbons (Fsp3) is 0.0351. The molecule has 1 aliphatic rings. The van der Waals surface area contributed by atoms with Crippen LogP contribution in [0.25, 0.3) is 89.4 Å². The van der Waals surface area contributed by atoms with Crippen molar-refractivity contribution in [2.45, 2.75) is 12.5 Å². The van der Waals surface area contributed by atoms with E-state index in [1.54, 1.807) is 0 Å². The zero-order chi connectivity index (χ0) is 40.8. The summed E-state index contributed by atoms with van der Waals surface area (Å²) in [5.74, 6) is 2.72. The summed E-state index contributed by atoms with van der Waals surface area (Å²) in [6, 6.07) is 76.4. The molecule has 0 spiro atoms. The molecule has 0 N–H and O–H groups in total. The van der Waals surface area contributed by atoms with E-state index in [-0.39, 0.29) is 0 Å². The van der Waals surface area contributed by atoms with Gasteiger partial charge >= 0.3 is 0 Å². The maximum Gasteiger partial charge on any atom is 0.164 e. The summed E-state index contributed by atoms with van der Waals surface area (Å²) in [5.41, 5.74) is 13.5. The van der Waals surface area contributed by atoms with Gasteiger partial charge < -0.3 is 4.74 Å². The van der Waals surface area contributed by atoms with Crippen LogP contribution in [0.2, 0.25) is 0 Å². The van der Waals surface area contributed by atoms with Crippen LogP contribution in [0.3, 0.4) is 0 Å². The highest BCUT2D eigenvalue weighted by Gasteiger charge is 2.38. The van der Waals surface area contributed by atoms with Gasteiger partial charge in [0.05, 0.1) is 0 Å². The molecule has 1 atom stereocenters. The Hall–Kier alpha value is -7.95. The maximum absolute atomic E-state index is 6.95. The molecule has 288 valence electrons. The quantitative estimate of drug-likeness (QED) is 0.162. The van der Waals surface area contributed by atoms with Crippen molar-refractivity contribution >= 4 is 10.8 Å². The molecule has 0 amide bonds. The molecule has 0 bridgehead atoms. The zero-order valence-corrected chi connectivity index (χ0v) is 33.5. The Morgan fingerprint density at radius 2 is 0.803 bits per heavy atom. The molecule has 0 saturated carbocycles. The van der Waals surface area contributed by atoms with Crippen molar-refractivity contribution in [1.82, 2.24) is 15.0 Å². The topological polar surface area (TPSA) is 47.9 Å². The van der Waals surface area contributed by atoms with Crippen molar-refractivity contribution < 1.29 is 4.74 Å². The van der Waals surface area contributed by atoms with Crippen LogP contribution in [-0.4, -0.2) is 15.0 Å². The van der Waals surface area contributed by atoms with E-state index in [0.29, 0.717) is 17.5 Å². The highest BCUT2D eigenvalue weighted by Crippen LogP contribution is 2.49. The number of benzene rings is 9. The van der Waals surface area contributed by atoms with Crippen LogP contribution in [0.15, 0.2) is 218 Å². The zero-order valence-electron chi connectivity index (χ0n) is 33.5. The van der Waals surface area contributed by atoms with E-state index >= 15 is 0 Å². The van der Waals surface area contributed by atoms with E-state index in [1.165, 1.54) is 21.9 Å². The number of aromatic nitrogens is 3. The molecule has 4 nitrogen and oxygen atoms in total. The number of rotatable bonds is 7. The van der Waals surface area contributed by atoms with Crippen LogP contribution in [0, 0.1) is 0 Å². The Balaban J connectivity index is 0.956. The first-order chi connectivity index (χ1) is 30.1. The van der Waals surface area contributed by atoms with E-state index in [9.17, 15) is 0 Å². The van der Waals surface area contributed by atoms with Crippen molar-refractivity contribution in [3.8, 4) is 84.4 Å². The van der Waals surface area contributed by atoms with E-state index in [4.69, 9.17) is 19.7 Å². The molecule has 1 aliphatic heterocycles. The van der Waals surface area contributed by atoms with Crippen molar-refractivity contribution in [2.24, 2.45) is 0 Å². The summed E-state index contributed by atoms with van der Waals surface area (Å²) in [5, 5.41) is 2.45. The average Bonchev–Trinajstić information content (AvgIpc) is 3.34. The Labute approximate surface area is 355 Å². The molecular weight excluding hydrogens is 743 g/mol. The number of fused-ring (bicyclic) bond motifs is 4. The summed E-state index contributed by atoms with van der Waals surface area (Å²) in [4.78, 5) is 15.3. The molecule has 9 aromatic carbocycles. The second kappa shape index (κ2) is 15.0. The third-order valence-electron chi connectivity index (χ3n) is 12.0. The van der Waals surface area contributed by atoms with Gasteiger partial charge in [-0.15, -0.1) is 0 Å². The summed E-state index contributed by atoms with van der Waals surface area (Å²) < 4.78 is 6.95. The van der Waals surface area contributed by atoms with Gasteiger partial charge in [-0.2, -0.15) is 0 Å². The number of ether oxygens (including phenoxy) is 1. The van der Waals surface area contributed by atoms with Crippen molar-refractivity contribution in [3.63, 3.8) is 0 Å². The Kier molecular flexibility index (Phi) is 8.90. The lowest BCUT2D eigenvalue weighted by molar-refractivity contribution is 0.129. The smallest absolute Gasteiger partial charge is 0.164 e. The minimum atomic E-state index is -0.625. The molecule has 10 aromatic rings. The van der Waals surface area contributed by atoms with Crippen molar-refractivity contribution in [2.75, 3.05) is 0 Å². The monoisotopic (exact) mass is 781 g/mol. The molecule has 0 saturated heterocycles. The first-order valence-corrected chi connectivity index (χ1v) is 20.7. The standard InChI is InChI=1S/C57H39N3O/c1-57(47-17-6-3-7-18-47)52-22-11-10-20-50(52)51-36-35-46(37-53(51)61-57)40-25-31-44(32-26-40)55-58-54(43-29-23-39(24-30-43)38-13-4-2-5-14-38)59-56(60-55)45-33-27-42(28-34-45)49-21-12-16-41-15-8-9-19-48(41)49/h2-37H,1H3. The normalized spacial score (nSPS) is 14.2. The van der Waals surface area contributed by atoms with E-state index in [2.05, 4.69) is 213 Å².